The molecule has 182 valence electrons. The Labute approximate surface area is 212 Å². The van der Waals surface area contributed by atoms with Gasteiger partial charge in [-0.05, 0) is 48.4 Å². The molecule has 1 saturated heterocycles. The second kappa shape index (κ2) is 11.3. The van der Waals surface area contributed by atoms with E-state index in [4.69, 9.17) is 30.2 Å². The van der Waals surface area contributed by atoms with Crippen molar-refractivity contribution in [2.24, 2.45) is 10.2 Å². The number of carbonyl (C=O) groups excluding carboxylic acids is 1. The monoisotopic (exact) mass is 513 g/mol. The van der Waals surface area contributed by atoms with E-state index < -0.39 is 0 Å². The molecule has 0 radical (unpaired) electrons. The van der Waals surface area contributed by atoms with E-state index >= 15 is 0 Å². The van der Waals surface area contributed by atoms with Crippen LogP contribution in [0.1, 0.15) is 16.9 Å². The minimum absolute atomic E-state index is 0.0619. The number of hydrogen-bond acceptors (Lipinski definition) is 8. The third-order valence-electron chi connectivity index (χ3n) is 5.26. The third kappa shape index (κ3) is 5.80. The van der Waals surface area contributed by atoms with Gasteiger partial charge in [0, 0.05) is 10.6 Å². The van der Waals surface area contributed by atoms with E-state index in [-0.39, 0.29) is 17.7 Å². The van der Waals surface area contributed by atoms with E-state index in [1.54, 1.807) is 56.9 Å². The number of ether oxygens (including phenoxy) is 3. The predicted molar refractivity (Wildman–Crippen MR) is 137 cm³/mol. The Morgan fingerprint density at radius 3 is 2.49 bits per heavy atom. The molecule has 1 aliphatic rings. The molecule has 0 bridgehead atoms. The van der Waals surface area contributed by atoms with Gasteiger partial charge in [-0.2, -0.15) is 5.10 Å². The van der Waals surface area contributed by atoms with Crippen LogP contribution in [0.5, 0.6) is 17.2 Å². The summed E-state index contributed by atoms with van der Waals surface area (Å²) in [6.07, 6.45) is 3.66. The third-order valence-corrected chi connectivity index (χ3v) is 6.66. The summed E-state index contributed by atoms with van der Waals surface area (Å²) in [6, 6.07) is 14.6. The molecule has 1 unspecified atom stereocenters. The molecule has 1 atom stereocenters. The molecule has 0 saturated carbocycles. The number of amides is 1. The second-order valence-electron chi connectivity index (χ2n) is 7.53. The predicted octanol–water partition coefficient (Wildman–Crippen LogP) is 5.04. The molecular weight excluding hydrogens is 490 g/mol. The normalized spacial score (nSPS) is 16.9. The molecule has 8 nitrogen and oxygen atoms in total. The highest BCUT2D eigenvalue weighted by Gasteiger charge is 2.38. The molecule has 35 heavy (non-hydrogen) atoms. The van der Waals surface area contributed by atoms with E-state index in [1.807, 2.05) is 30.3 Å². The van der Waals surface area contributed by atoms with Gasteiger partial charge in [-0.1, -0.05) is 35.5 Å². The highest BCUT2D eigenvalue weighted by molar-refractivity contribution is 8.15. The van der Waals surface area contributed by atoms with Crippen LogP contribution >= 0.6 is 23.4 Å². The fourth-order valence-electron chi connectivity index (χ4n) is 3.62. The van der Waals surface area contributed by atoms with Gasteiger partial charge in [0.25, 0.3) is 0 Å². The van der Waals surface area contributed by atoms with Crippen molar-refractivity contribution in [3.8, 4) is 17.2 Å². The summed E-state index contributed by atoms with van der Waals surface area (Å²) in [4.78, 5) is 14.8. The lowest BCUT2D eigenvalue weighted by atomic mass is 10.1. The van der Waals surface area contributed by atoms with E-state index in [0.29, 0.717) is 45.2 Å². The molecule has 4 rings (SSSR count). The number of hydrogen-bond donors (Lipinski definition) is 0. The molecule has 2 aromatic carbocycles. The second-order valence-corrected chi connectivity index (χ2v) is 9.14. The summed E-state index contributed by atoms with van der Waals surface area (Å²) >= 11 is 7.49. The number of nitrogens with zero attached hydrogens (tertiary/aromatic N) is 3. The Morgan fingerprint density at radius 1 is 1.09 bits per heavy atom. The van der Waals surface area contributed by atoms with Crippen LogP contribution in [0.2, 0.25) is 5.02 Å². The molecule has 1 aromatic heterocycles. The summed E-state index contributed by atoms with van der Waals surface area (Å²) in [5, 5.41) is 9.38. The molecular formula is C25H24ClN3O5S. The Balaban J connectivity index is 1.59. The summed E-state index contributed by atoms with van der Waals surface area (Å²) in [5.41, 5.74) is 1.68. The molecule has 1 aliphatic heterocycles. The molecule has 3 aromatic rings. The van der Waals surface area contributed by atoms with Gasteiger partial charge >= 0.3 is 0 Å². The lowest BCUT2D eigenvalue weighted by Gasteiger charge is -2.14. The first-order valence-corrected chi connectivity index (χ1v) is 11.9. The molecule has 1 amide bonds. The zero-order valence-electron chi connectivity index (χ0n) is 19.4. The first-order valence-electron chi connectivity index (χ1n) is 10.7. The SMILES string of the molecule is COc1cc(C=NN=C2SC(Cc3cccc(Cl)c3)C(=O)N2Cc2ccco2)cc(OC)c1OC. The number of benzene rings is 2. The largest absolute Gasteiger partial charge is 0.493 e. The smallest absolute Gasteiger partial charge is 0.242 e. The van der Waals surface area contributed by atoms with Crippen molar-refractivity contribution in [3.63, 3.8) is 0 Å². The van der Waals surface area contributed by atoms with E-state index in [1.165, 1.54) is 11.8 Å². The average molecular weight is 514 g/mol. The van der Waals surface area contributed by atoms with Crippen LogP contribution in [-0.2, 0) is 17.8 Å². The number of rotatable bonds is 9. The van der Waals surface area contributed by atoms with Crippen molar-refractivity contribution in [1.82, 2.24) is 4.90 Å². The summed E-state index contributed by atoms with van der Waals surface area (Å²) < 4.78 is 21.6. The molecule has 0 aliphatic carbocycles. The van der Waals surface area contributed by atoms with E-state index in [2.05, 4.69) is 10.2 Å². The average Bonchev–Trinajstić information content (AvgIpc) is 3.47. The lowest BCUT2D eigenvalue weighted by Crippen LogP contribution is -2.32. The van der Waals surface area contributed by atoms with Crippen molar-refractivity contribution in [3.05, 3.63) is 76.7 Å². The van der Waals surface area contributed by atoms with Crippen LogP contribution in [0, 0.1) is 0 Å². The first kappa shape index (κ1) is 24.7. The molecule has 10 heteroatoms. The highest BCUT2D eigenvalue weighted by Crippen LogP contribution is 2.38. The maximum absolute atomic E-state index is 13.3. The maximum atomic E-state index is 13.3. The summed E-state index contributed by atoms with van der Waals surface area (Å²) in [7, 11) is 4.64. The van der Waals surface area contributed by atoms with E-state index in [9.17, 15) is 4.79 Å². The van der Waals surface area contributed by atoms with Gasteiger partial charge < -0.3 is 18.6 Å². The topological polar surface area (TPSA) is 85.9 Å². The molecule has 0 spiro atoms. The number of furan rings is 1. The van der Waals surface area contributed by atoms with Gasteiger partial charge in [0.2, 0.25) is 11.7 Å². The van der Waals surface area contributed by atoms with Crippen LogP contribution in [-0.4, -0.2) is 48.8 Å². The van der Waals surface area contributed by atoms with Gasteiger partial charge in [0.05, 0.1) is 45.6 Å². The van der Waals surface area contributed by atoms with Crippen LogP contribution < -0.4 is 14.2 Å². The van der Waals surface area contributed by atoms with Crippen molar-refractivity contribution in [2.75, 3.05) is 21.3 Å². The Morgan fingerprint density at radius 2 is 1.86 bits per heavy atom. The van der Waals surface area contributed by atoms with E-state index in [0.717, 1.165) is 5.56 Å². The summed E-state index contributed by atoms with van der Waals surface area (Å²) in [5.74, 6) is 2.10. The number of carbonyl (C=O) groups is 1. The van der Waals surface area contributed by atoms with Crippen LogP contribution in [0.25, 0.3) is 0 Å². The molecule has 1 fully saturated rings. The quantitative estimate of drug-likeness (QED) is 0.294. The zero-order valence-corrected chi connectivity index (χ0v) is 21.0. The minimum Gasteiger partial charge on any atom is -0.493 e. The summed E-state index contributed by atoms with van der Waals surface area (Å²) in [6.45, 7) is 0.267. The van der Waals surface area contributed by atoms with Gasteiger partial charge in [-0.25, -0.2) is 0 Å². The number of methoxy groups -OCH3 is 3. The number of amidine groups is 1. The van der Waals surface area contributed by atoms with Crippen LogP contribution in [0.3, 0.4) is 0 Å². The number of halogens is 1. The zero-order chi connectivity index (χ0) is 24.8. The van der Waals surface area contributed by atoms with Crippen molar-refractivity contribution in [2.45, 2.75) is 18.2 Å². The van der Waals surface area contributed by atoms with Gasteiger partial charge in [0.15, 0.2) is 16.7 Å². The molecule has 2 heterocycles. The fraction of sp³-hybridized carbons (Fsp3) is 0.240. The van der Waals surface area contributed by atoms with Crippen molar-refractivity contribution < 1.29 is 23.4 Å². The highest BCUT2D eigenvalue weighted by atomic mass is 35.5. The standard InChI is InChI=1S/C25H24ClN3O5S/c1-31-20-11-17(12-21(32-2)23(20)33-3)14-27-28-25-29(15-19-8-5-9-34-19)24(30)22(35-25)13-16-6-4-7-18(26)10-16/h4-12,14,22H,13,15H2,1-3H3. The molecule has 0 N–H and O–H groups in total. The fourth-order valence-corrected chi connectivity index (χ4v) is 4.97. The Bertz CT molecular complexity index is 1220. The Hall–Kier alpha value is -3.43. The van der Waals surface area contributed by atoms with Gasteiger partial charge in [0.1, 0.15) is 5.76 Å². The first-order chi connectivity index (χ1) is 17.0. The Kier molecular flexibility index (Phi) is 7.99. The minimum atomic E-state index is -0.349. The maximum Gasteiger partial charge on any atom is 0.242 e. The van der Waals surface area contributed by atoms with Crippen molar-refractivity contribution in [1.29, 1.82) is 0 Å². The van der Waals surface area contributed by atoms with Gasteiger partial charge in [-0.3, -0.25) is 9.69 Å². The number of thioether (sulfide) groups is 1. The van der Waals surface area contributed by atoms with Crippen LogP contribution in [0.4, 0.5) is 0 Å². The van der Waals surface area contributed by atoms with Crippen LogP contribution in [0.15, 0.2) is 69.4 Å². The van der Waals surface area contributed by atoms with Crippen molar-refractivity contribution >= 4 is 40.7 Å². The van der Waals surface area contributed by atoms with Gasteiger partial charge in [-0.15, -0.1) is 5.10 Å². The lowest BCUT2D eigenvalue weighted by molar-refractivity contribution is -0.126.